The molecule has 9 N–H and O–H groups in total. The SMILES string of the molecule is C1=COCC1.CC(=O)O[C@@H]1CO[C@H]2OCC[C@H]21.CC(=O)O[C@H]1CO[C@H]2OCC[C@H]21.CC(=O)O[C@H]1CO[C@H]2OCC[C@H]21.CCOC(=O)C(=O)C1=COCC1.CCOC(=O)C(=O)Cl.I.II.I[I-]I.OCC(O)C1=COCC1.O[C@@H]1CO[C@@H]2OCC[C@@H]21.O[C@@H]1CO[C@H]2OCC[C@H]21.O[C@@H]1CO[C@H]2OCC[C@H]21.O[C@@H]1CO[C@H]2OCC[C@]21Br.O[C@H]1CO[C@@H]2OCC[C@@H]21.O[C@H]1CO[C@H]2OCC[C@H]21.O[C@H]1CO[C@H]2OCC[C@]21Br. The summed E-state index contributed by atoms with van der Waals surface area (Å²) in [5, 5.41) is 81.1. The molecule has 141 heavy (non-hydrogen) atoms. The smallest absolute Gasteiger partial charge is 0.175 e. The summed E-state index contributed by atoms with van der Waals surface area (Å²) in [6.07, 6.45) is 13.6. The van der Waals surface area contributed by atoms with E-state index >= 15 is 0 Å². The minimum atomic E-state index is -1.08. The van der Waals surface area contributed by atoms with Crippen molar-refractivity contribution < 1.29 is 225 Å². The number of rotatable bonds is 10. The fraction of sp³-hybridized carbons (Fsp3) is 0.852. The molecule has 0 aliphatic carbocycles. The van der Waals surface area contributed by atoms with Crippen molar-refractivity contribution in [3.63, 3.8) is 0 Å². The number of carbonyl (C=O) groups excluding carboxylic acids is 7. The van der Waals surface area contributed by atoms with Crippen LogP contribution in [0.4, 0.5) is 0 Å². The maximum Gasteiger partial charge on any atom is 0.175 e. The molecule has 20 saturated heterocycles. The minimum absolute atomic E-state index is 0. The van der Waals surface area contributed by atoms with E-state index in [0.29, 0.717) is 138 Å². The number of Topliss-reactive ketones (excluding diaryl/α,β-unsaturated/α-hetero) is 1. The van der Waals surface area contributed by atoms with Crippen molar-refractivity contribution in [3.05, 3.63) is 36.0 Å². The predicted octanol–water partition coefficient (Wildman–Crippen LogP) is 2.62. The molecule has 0 aromatic heterocycles. The Bertz CT molecular complexity index is 3440. The van der Waals surface area contributed by atoms with Gasteiger partial charge in [-0.25, -0.2) is 9.59 Å². The van der Waals surface area contributed by atoms with Crippen LogP contribution >= 0.6 is 142 Å². The van der Waals surface area contributed by atoms with E-state index in [-0.39, 0.29) is 229 Å². The molecule has 23 heterocycles. The van der Waals surface area contributed by atoms with Crippen LogP contribution in [0.5, 0.6) is 0 Å². The van der Waals surface area contributed by atoms with Crippen molar-refractivity contribution in [2.75, 3.05) is 172 Å². The third-order valence-electron chi connectivity index (χ3n) is 25.0. The van der Waals surface area contributed by atoms with Gasteiger partial charge in [-0.15, -0.1) is 24.0 Å². The van der Waals surface area contributed by atoms with Gasteiger partial charge in [0.1, 0.15) is 33.1 Å². The van der Waals surface area contributed by atoms with Gasteiger partial charge < -0.3 is 179 Å². The second-order valence-corrected chi connectivity index (χ2v) is 53.9. The second-order valence-electron chi connectivity index (χ2n) is 34.3. The first-order valence-corrected chi connectivity index (χ1v) is 67.4. The van der Waals surface area contributed by atoms with Gasteiger partial charge in [0.25, 0.3) is 5.78 Å². The molecule has 0 radical (unpaired) electrons. The topological polar surface area (TPSA) is 560 Å². The van der Waals surface area contributed by atoms with E-state index in [0.717, 1.165) is 122 Å². The molecule has 23 rings (SSSR count). The third-order valence-corrected chi connectivity index (χ3v) is 27.8. The fourth-order valence-electron chi connectivity index (χ4n) is 17.5. The molecular formula is C88H136Br2ClI6O44-. The average Bonchev–Trinajstić information content (AvgIpc) is 1.63. The summed E-state index contributed by atoms with van der Waals surface area (Å²) in [7, 11) is 0. The van der Waals surface area contributed by atoms with Crippen LogP contribution < -0.4 is 13.3 Å². The Hall–Kier alpha value is -0.220. The van der Waals surface area contributed by atoms with E-state index in [1.54, 1.807) is 20.1 Å². The van der Waals surface area contributed by atoms with Gasteiger partial charge in [0.05, 0.1) is 251 Å². The molecule has 0 bridgehead atoms. The van der Waals surface area contributed by atoms with Crippen LogP contribution in [0.15, 0.2) is 36.0 Å². The van der Waals surface area contributed by atoms with Crippen molar-refractivity contribution in [2.24, 2.45) is 47.3 Å². The number of ketones is 1. The zero-order chi connectivity index (χ0) is 102. The van der Waals surface area contributed by atoms with Gasteiger partial charge in [0.2, 0.25) is 0 Å². The Balaban J connectivity index is 0.000000206. The number of aliphatic hydroxyl groups excluding tert-OH is 9. The van der Waals surface area contributed by atoms with Gasteiger partial charge >= 0.3 is 85.6 Å². The Morgan fingerprint density at radius 2 is 0.709 bits per heavy atom. The minimum Gasteiger partial charge on any atom is -0.501 e. The fourth-order valence-corrected chi connectivity index (χ4v) is 18.7. The molecule has 0 spiro atoms. The number of hydrogen-bond acceptors (Lipinski definition) is 44. The number of ether oxygens (including phenoxy) is 28. The van der Waals surface area contributed by atoms with Crippen molar-refractivity contribution in [1.82, 2.24) is 0 Å². The van der Waals surface area contributed by atoms with Crippen molar-refractivity contribution in [3.8, 4) is 0 Å². The quantitative estimate of drug-likeness (QED) is 0.0379. The summed E-state index contributed by atoms with van der Waals surface area (Å²) in [6, 6.07) is 0. The maximum atomic E-state index is 11.1. The maximum absolute atomic E-state index is 11.1. The van der Waals surface area contributed by atoms with Crippen LogP contribution in [0.1, 0.15) is 118 Å². The number of esters is 5. The first-order chi connectivity index (χ1) is 67.4. The molecule has 816 valence electrons. The van der Waals surface area contributed by atoms with Gasteiger partial charge in [0.15, 0.2) is 62.9 Å². The van der Waals surface area contributed by atoms with Crippen LogP contribution in [0.2, 0.25) is 0 Å². The van der Waals surface area contributed by atoms with Crippen LogP contribution in [0.3, 0.4) is 0 Å². The van der Waals surface area contributed by atoms with Gasteiger partial charge in [-0.1, -0.05) is 31.9 Å². The molecular weight excluding hydrogens is 2720 g/mol. The molecule has 23 aliphatic rings. The zero-order valence-corrected chi connectivity index (χ0v) is 95.9. The summed E-state index contributed by atoms with van der Waals surface area (Å²) in [6.45, 7) is 21.4. The molecule has 44 nitrogen and oxygen atoms in total. The first-order valence-electron chi connectivity index (χ1n) is 46.6. The molecule has 0 saturated carbocycles. The number of carbonyl (C=O) groups is 7. The van der Waals surface area contributed by atoms with E-state index in [1.807, 2.05) is 6.08 Å². The average molecular weight is 2850 g/mol. The van der Waals surface area contributed by atoms with E-state index in [1.165, 1.54) is 33.3 Å². The van der Waals surface area contributed by atoms with E-state index < -0.39 is 41.3 Å². The standard InChI is InChI=1S/3C8H12O4.C8H10O4.2C6H9BrO3.6C6H10O3.C4H5ClO3.C4H6O.I3.I2.HI/c3*1-5(9)12-7-4-11-8-6(7)2-3-10-8;1-2-12-8(10)7(9)6-3-4-11-5-6;2*7-6-1-2-9-5(6)10-3-4(6)8;5*7-5-3-9-6-4(5)1-2-8-6;7-3-6(8)5-1-2-9-4-5;1-2-8-4(7)3(5)6;1-2-4-5-3-1;1-3-2;1-2;/h3*6-8H,2-4H2,1H3;5H,2-4H2,1H3;2*4-5,8H,1-3H2;5*4-7H,1-3H2;4,6-8H,1-3H2;2H2,1H3;1,3H,2,4H2;;;1H/q;;;;;;;;;;;;;;-1;;/t6-,7+,8+;2*6-,7-,8+;;4-,5+,6+;4-,5-,6-;3*4-,5+,6+;2*4-,5-,6+;;;;;;/m000.0110010....../s1. The molecule has 31 atom stereocenters. The van der Waals surface area contributed by atoms with Gasteiger partial charge in [-0.05, 0) is 101 Å². The predicted molar refractivity (Wildman–Crippen MR) is 534 cm³/mol. The Morgan fingerprint density at radius 1 is 0.411 bits per heavy atom. The van der Waals surface area contributed by atoms with E-state index in [2.05, 4.69) is 116 Å². The first kappa shape index (κ1) is 128. The Labute approximate surface area is 911 Å². The number of aliphatic hydroxyl groups is 9. The molecule has 0 amide bonds. The molecule has 53 heteroatoms. The monoisotopic (exact) mass is 2850 g/mol. The normalized spacial score (nSPS) is 37.5. The summed E-state index contributed by atoms with van der Waals surface area (Å²) < 4.78 is 142. The third kappa shape index (κ3) is 40.9. The van der Waals surface area contributed by atoms with E-state index in [4.69, 9.17) is 145 Å². The van der Waals surface area contributed by atoms with Crippen molar-refractivity contribution >= 4 is 183 Å². The second kappa shape index (κ2) is 68.8. The molecule has 23 aliphatic heterocycles. The summed E-state index contributed by atoms with van der Waals surface area (Å²) in [5.74, 6) is -1.05. The number of halogens is 9. The summed E-state index contributed by atoms with van der Waals surface area (Å²) in [5.41, 5.74) is 1.19. The number of hydrogen-bond donors (Lipinski definition) is 9. The van der Waals surface area contributed by atoms with Crippen LogP contribution in [0, 0.1) is 47.3 Å². The molecule has 20 fully saturated rings. The van der Waals surface area contributed by atoms with E-state index in [9.17, 15) is 69.3 Å². The van der Waals surface area contributed by atoms with Crippen molar-refractivity contribution in [1.29, 1.82) is 0 Å². The number of alkyl halides is 2. The largest absolute Gasteiger partial charge is 0.501 e. The zero-order valence-electron chi connectivity index (χ0n) is 78.9. The number of fused-ring (bicyclic) bond motifs is 10. The Kier molecular flexibility index (Phi) is 62.3. The molecule has 1 unspecified atom stereocenters. The van der Waals surface area contributed by atoms with Crippen LogP contribution in [-0.2, 0) is 166 Å². The molecule has 0 aromatic carbocycles. The molecule has 0 aromatic rings. The van der Waals surface area contributed by atoms with Crippen LogP contribution in [-0.4, -0.2) is 397 Å². The van der Waals surface area contributed by atoms with Gasteiger partial charge in [0, 0.05) is 112 Å². The summed E-state index contributed by atoms with van der Waals surface area (Å²) >= 11 is 21.1. The van der Waals surface area contributed by atoms with Crippen LogP contribution in [0.25, 0.3) is 0 Å². The van der Waals surface area contributed by atoms with Crippen molar-refractivity contribution in [2.45, 2.75) is 257 Å². The summed E-state index contributed by atoms with van der Waals surface area (Å²) in [4.78, 5) is 73.8. The van der Waals surface area contributed by atoms with Gasteiger partial charge in [-0.3, -0.25) is 24.0 Å². The van der Waals surface area contributed by atoms with Gasteiger partial charge in [-0.2, -0.15) is 0 Å². The Morgan fingerprint density at radius 3 is 0.943 bits per heavy atom.